The third-order valence-corrected chi connectivity index (χ3v) is 2.93. The molecule has 5 heteroatoms. The Morgan fingerprint density at radius 3 is 2.63 bits per heavy atom. The average molecular weight is 262 g/mol. The average Bonchev–Trinajstić information content (AvgIpc) is 2.45. The van der Waals surface area contributed by atoms with Gasteiger partial charge in [0.05, 0.1) is 6.54 Å². The first kappa shape index (κ1) is 15.0. The molecule has 1 rings (SSSR count). The Balaban J connectivity index is 2.77. The number of carbonyl (C=O) groups is 1. The lowest BCUT2D eigenvalue weighted by Crippen LogP contribution is -2.37. The number of aliphatic imine (C=N–C) groups is 1. The van der Waals surface area contributed by atoms with Gasteiger partial charge in [-0.05, 0) is 31.5 Å². The fourth-order valence-electron chi connectivity index (χ4n) is 1.78. The number of amides is 1. The number of hydrogen-bond donors (Lipinski definition) is 2. The van der Waals surface area contributed by atoms with Gasteiger partial charge in [0.15, 0.2) is 5.96 Å². The van der Waals surface area contributed by atoms with Crippen LogP contribution < -0.4 is 11.1 Å². The molecule has 5 nitrogen and oxygen atoms in total. The summed E-state index contributed by atoms with van der Waals surface area (Å²) >= 11 is 0. The molecular formula is C14H22N4O. The van der Waals surface area contributed by atoms with Crippen molar-refractivity contribution in [2.75, 3.05) is 20.1 Å². The Labute approximate surface area is 114 Å². The normalized spacial score (nSPS) is 11.2. The van der Waals surface area contributed by atoms with E-state index in [-0.39, 0.29) is 5.91 Å². The number of nitrogens with one attached hydrogen (secondary N) is 1. The lowest BCUT2D eigenvalue weighted by atomic mass is 10.1. The van der Waals surface area contributed by atoms with Crippen LogP contribution in [-0.4, -0.2) is 36.9 Å². The molecule has 0 aliphatic rings. The number of rotatable bonds is 5. The number of guanidine groups is 1. The summed E-state index contributed by atoms with van der Waals surface area (Å²) < 4.78 is 0. The van der Waals surface area contributed by atoms with Crippen molar-refractivity contribution in [1.82, 2.24) is 10.2 Å². The highest BCUT2D eigenvalue weighted by Crippen LogP contribution is 2.07. The van der Waals surface area contributed by atoms with Crippen LogP contribution in [0.4, 0.5) is 0 Å². The second-order valence-corrected chi connectivity index (χ2v) is 4.13. The molecule has 1 aromatic carbocycles. The minimum absolute atomic E-state index is 0.0949. The van der Waals surface area contributed by atoms with E-state index in [1.165, 1.54) is 0 Å². The minimum Gasteiger partial charge on any atom is -0.370 e. The van der Waals surface area contributed by atoms with E-state index < -0.39 is 0 Å². The van der Waals surface area contributed by atoms with Crippen LogP contribution in [0.15, 0.2) is 29.3 Å². The summed E-state index contributed by atoms with van der Waals surface area (Å²) in [6.07, 6.45) is 0. The number of benzene rings is 1. The largest absolute Gasteiger partial charge is 0.370 e. The molecule has 0 aliphatic heterocycles. The van der Waals surface area contributed by atoms with Crippen LogP contribution >= 0.6 is 0 Å². The lowest BCUT2D eigenvalue weighted by Gasteiger charge is -2.19. The van der Waals surface area contributed by atoms with Crippen LogP contribution in [0.5, 0.6) is 0 Å². The van der Waals surface area contributed by atoms with Crippen molar-refractivity contribution in [3.8, 4) is 0 Å². The maximum Gasteiger partial charge on any atom is 0.251 e. The predicted octanol–water partition coefficient (Wildman–Crippen LogP) is 1.20. The number of carbonyl (C=O) groups excluding carboxylic acids is 1. The highest BCUT2D eigenvalue weighted by Gasteiger charge is 2.04. The summed E-state index contributed by atoms with van der Waals surface area (Å²) in [4.78, 5) is 17.9. The first-order valence-corrected chi connectivity index (χ1v) is 6.48. The molecule has 0 heterocycles. The maximum atomic E-state index is 11.5. The molecule has 0 atom stereocenters. The van der Waals surface area contributed by atoms with Crippen LogP contribution in [0.25, 0.3) is 0 Å². The zero-order valence-corrected chi connectivity index (χ0v) is 11.8. The second kappa shape index (κ2) is 7.41. The van der Waals surface area contributed by atoms with Crippen molar-refractivity contribution in [2.45, 2.75) is 20.4 Å². The second-order valence-electron chi connectivity index (χ2n) is 4.13. The molecule has 0 bridgehead atoms. The van der Waals surface area contributed by atoms with E-state index in [4.69, 9.17) is 5.73 Å². The molecule has 19 heavy (non-hydrogen) atoms. The predicted molar refractivity (Wildman–Crippen MR) is 78.1 cm³/mol. The summed E-state index contributed by atoms with van der Waals surface area (Å²) in [5.41, 5.74) is 7.51. The summed E-state index contributed by atoms with van der Waals surface area (Å²) in [6, 6.07) is 7.39. The Hall–Kier alpha value is -2.04. The molecule has 0 unspecified atom stereocenters. The van der Waals surface area contributed by atoms with Crippen LogP contribution in [0.3, 0.4) is 0 Å². The quantitative estimate of drug-likeness (QED) is 0.619. The van der Waals surface area contributed by atoms with E-state index in [1.807, 2.05) is 36.9 Å². The summed E-state index contributed by atoms with van der Waals surface area (Å²) in [6.45, 7) is 6.23. The van der Waals surface area contributed by atoms with Crippen molar-refractivity contribution >= 4 is 11.9 Å². The minimum atomic E-state index is -0.0949. The monoisotopic (exact) mass is 262 g/mol. The van der Waals surface area contributed by atoms with Crippen LogP contribution in [0.2, 0.25) is 0 Å². The van der Waals surface area contributed by atoms with E-state index in [2.05, 4.69) is 10.3 Å². The highest BCUT2D eigenvalue weighted by molar-refractivity contribution is 5.94. The van der Waals surface area contributed by atoms with Gasteiger partial charge < -0.3 is 16.0 Å². The Bertz CT molecular complexity index is 453. The van der Waals surface area contributed by atoms with Gasteiger partial charge in [0.1, 0.15) is 0 Å². The fourth-order valence-corrected chi connectivity index (χ4v) is 1.78. The van der Waals surface area contributed by atoms with Crippen molar-refractivity contribution < 1.29 is 4.79 Å². The maximum absolute atomic E-state index is 11.5. The molecule has 1 amide bonds. The van der Waals surface area contributed by atoms with Gasteiger partial charge in [-0.15, -0.1) is 0 Å². The highest BCUT2D eigenvalue weighted by atomic mass is 16.1. The van der Waals surface area contributed by atoms with Crippen molar-refractivity contribution in [1.29, 1.82) is 0 Å². The lowest BCUT2D eigenvalue weighted by molar-refractivity contribution is 0.0963. The molecule has 1 aromatic rings. The molecule has 0 aromatic heterocycles. The standard InChI is InChI=1S/C14H22N4O/c1-4-18(5-2)14(15)17-10-11-7-6-8-12(9-11)13(19)16-3/h6-9H,4-5,10H2,1-3H3,(H2,15,17)(H,16,19). The fraction of sp³-hybridized carbons (Fsp3) is 0.429. The zero-order valence-electron chi connectivity index (χ0n) is 11.8. The molecule has 3 N–H and O–H groups in total. The van der Waals surface area contributed by atoms with E-state index in [0.29, 0.717) is 18.1 Å². The van der Waals surface area contributed by atoms with Gasteiger partial charge in [0.25, 0.3) is 5.91 Å². The van der Waals surface area contributed by atoms with Gasteiger partial charge in [-0.1, -0.05) is 12.1 Å². The molecule has 0 saturated carbocycles. The molecule has 0 fully saturated rings. The number of nitrogens with zero attached hydrogens (tertiary/aromatic N) is 2. The Morgan fingerprint density at radius 1 is 1.37 bits per heavy atom. The van der Waals surface area contributed by atoms with Gasteiger partial charge in [-0.2, -0.15) is 0 Å². The van der Waals surface area contributed by atoms with Crippen LogP contribution in [-0.2, 0) is 6.54 Å². The van der Waals surface area contributed by atoms with Gasteiger partial charge in [-0.3, -0.25) is 4.79 Å². The molecule has 104 valence electrons. The van der Waals surface area contributed by atoms with Crippen LogP contribution in [0.1, 0.15) is 29.8 Å². The first-order chi connectivity index (χ1) is 9.12. The van der Waals surface area contributed by atoms with Crippen molar-refractivity contribution in [2.24, 2.45) is 10.7 Å². The smallest absolute Gasteiger partial charge is 0.251 e. The number of hydrogen-bond acceptors (Lipinski definition) is 2. The third-order valence-electron chi connectivity index (χ3n) is 2.93. The van der Waals surface area contributed by atoms with E-state index in [9.17, 15) is 4.79 Å². The molecule has 0 saturated heterocycles. The summed E-state index contributed by atoms with van der Waals surface area (Å²) in [5, 5.41) is 2.60. The Kier molecular flexibility index (Phi) is 5.85. The SMILES string of the molecule is CCN(CC)C(N)=NCc1cccc(C(=O)NC)c1. The topological polar surface area (TPSA) is 70.7 Å². The van der Waals surface area contributed by atoms with Crippen LogP contribution in [0, 0.1) is 0 Å². The molecule has 0 radical (unpaired) electrons. The Morgan fingerprint density at radius 2 is 2.05 bits per heavy atom. The van der Waals surface area contributed by atoms with Gasteiger partial charge >= 0.3 is 0 Å². The molecule has 0 spiro atoms. The van der Waals surface area contributed by atoms with E-state index >= 15 is 0 Å². The summed E-state index contributed by atoms with van der Waals surface area (Å²) in [7, 11) is 1.62. The van der Waals surface area contributed by atoms with Crippen molar-refractivity contribution in [3.05, 3.63) is 35.4 Å². The first-order valence-electron chi connectivity index (χ1n) is 6.48. The van der Waals surface area contributed by atoms with E-state index in [1.54, 1.807) is 13.1 Å². The van der Waals surface area contributed by atoms with E-state index in [0.717, 1.165) is 18.7 Å². The van der Waals surface area contributed by atoms with Gasteiger partial charge in [-0.25, -0.2) is 4.99 Å². The zero-order chi connectivity index (χ0) is 14.3. The number of nitrogens with two attached hydrogens (primary N) is 1. The molecular weight excluding hydrogens is 240 g/mol. The summed E-state index contributed by atoms with van der Waals surface area (Å²) in [5.74, 6) is 0.442. The third kappa shape index (κ3) is 4.28. The van der Waals surface area contributed by atoms with Crippen molar-refractivity contribution in [3.63, 3.8) is 0 Å². The molecule has 0 aliphatic carbocycles. The van der Waals surface area contributed by atoms with Gasteiger partial charge in [0, 0.05) is 25.7 Å². The van der Waals surface area contributed by atoms with Gasteiger partial charge in [0.2, 0.25) is 0 Å².